The molecule has 1 saturated heterocycles. The lowest BCUT2D eigenvalue weighted by atomic mass is 10.2. The Hall–Kier alpha value is -1.33. The Morgan fingerprint density at radius 2 is 1.95 bits per heavy atom. The molecule has 0 aliphatic carbocycles. The van der Waals surface area contributed by atoms with E-state index < -0.39 is 0 Å². The lowest BCUT2D eigenvalue weighted by Gasteiger charge is -2.36. The van der Waals surface area contributed by atoms with Gasteiger partial charge in [0, 0.05) is 45.5 Å². The van der Waals surface area contributed by atoms with E-state index in [9.17, 15) is 0 Å². The summed E-state index contributed by atoms with van der Waals surface area (Å²) in [5.74, 6) is 0.942. The molecule has 0 amide bonds. The van der Waals surface area contributed by atoms with Gasteiger partial charge in [0.25, 0.3) is 0 Å². The average molecular weight is 263 g/mol. The molecule has 1 fully saturated rings. The van der Waals surface area contributed by atoms with Crippen LogP contribution in [0.2, 0.25) is 0 Å². The fraction of sp³-hybridized carbons (Fsp3) is 0.643. The van der Waals surface area contributed by atoms with Crippen molar-refractivity contribution in [3.8, 4) is 0 Å². The average Bonchev–Trinajstić information content (AvgIpc) is 2.37. The standard InChI is InChI=1S/C14H25N5/c1-12-10-13(15)14(16-11-12)19-8-6-18(7-9-19)5-4-17(2)3/h10-11H,4-9,15H2,1-3H3. The Morgan fingerprint density at radius 1 is 1.26 bits per heavy atom. The third kappa shape index (κ3) is 3.81. The van der Waals surface area contributed by atoms with Crippen LogP contribution in [0.1, 0.15) is 5.56 Å². The van der Waals surface area contributed by atoms with Crippen LogP contribution in [0.3, 0.4) is 0 Å². The number of rotatable bonds is 4. The smallest absolute Gasteiger partial charge is 0.151 e. The van der Waals surface area contributed by atoms with Crippen LogP contribution in [0, 0.1) is 6.92 Å². The second-order valence-corrected chi connectivity index (χ2v) is 5.56. The molecule has 1 aliphatic rings. The molecule has 5 nitrogen and oxygen atoms in total. The first-order valence-corrected chi connectivity index (χ1v) is 6.90. The largest absolute Gasteiger partial charge is 0.396 e. The highest BCUT2D eigenvalue weighted by molar-refractivity contribution is 5.63. The van der Waals surface area contributed by atoms with Crippen molar-refractivity contribution in [1.82, 2.24) is 14.8 Å². The Labute approximate surface area is 116 Å². The molecule has 5 heteroatoms. The highest BCUT2D eigenvalue weighted by Gasteiger charge is 2.19. The van der Waals surface area contributed by atoms with Crippen molar-refractivity contribution in [2.45, 2.75) is 6.92 Å². The molecule has 0 spiro atoms. The monoisotopic (exact) mass is 263 g/mol. The van der Waals surface area contributed by atoms with Gasteiger partial charge in [-0.05, 0) is 32.6 Å². The Bertz CT molecular complexity index is 410. The SMILES string of the molecule is Cc1cnc(N2CCN(CCN(C)C)CC2)c(N)c1. The first-order chi connectivity index (χ1) is 9.06. The molecule has 0 unspecified atom stereocenters. The van der Waals surface area contributed by atoms with Crippen LogP contribution in [0.5, 0.6) is 0 Å². The zero-order valence-electron chi connectivity index (χ0n) is 12.3. The summed E-state index contributed by atoms with van der Waals surface area (Å²) >= 11 is 0. The second-order valence-electron chi connectivity index (χ2n) is 5.56. The minimum atomic E-state index is 0.793. The number of hydrogen-bond donors (Lipinski definition) is 1. The van der Waals surface area contributed by atoms with Crippen molar-refractivity contribution < 1.29 is 0 Å². The Kier molecular flexibility index (Phi) is 4.61. The summed E-state index contributed by atoms with van der Waals surface area (Å²) in [6.07, 6.45) is 1.89. The van der Waals surface area contributed by atoms with E-state index >= 15 is 0 Å². The lowest BCUT2D eigenvalue weighted by molar-refractivity contribution is 0.229. The molecule has 0 aromatic carbocycles. The summed E-state index contributed by atoms with van der Waals surface area (Å²) < 4.78 is 0. The van der Waals surface area contributed by atoms with E-state index in [-0.39, 0.29) is 0 Å². The number of likely N-dealkylation sites (N-methyl/N-ethyl adjacent to an activating group) is 1. The highest BCUT2D eigenvalue weighted by Crippen LogP contribution is 2.22. The number of piperazine rings is 1. The molecule has 106 valence electrons. The van der Waals surface area contributed by atoms with Crippen molar-refractivity contribution in [3.05, 3.63) is 17.8 Å². The topological polar surface area (TPSA) is 48.6 Å². The van der Waals surface area contributed by atoms with Gasteiger partial charge in [0.05, 0.1) is 5.69 Å². The van der Waals surface area contributed by atoms with Crippen molar-refractivity contribution in [1.29, 1.82) is 0 Å². The number of nitrogens with two attached hydrogens (primary N) is 1. The van der Waals surface area contributed by atoms with E-state index in [4.69, 9.17) is 5.73 Å². The van der Waals surface area contributed by atoms with Gasteiger partial charge in [-0.15, -0.1) is 0 Å². The fourth-order valence-electron chi connectivity index (χ4n) is 2.37. The van der Waals surface area contributed by atoms with Crippen LogP contribution in [0.15, 0.2) is 12.3 Å². The van der Waals surface area contributed by atoms with Crippen LogP contribution in [-0.4, -0.2) is 68.1 Å². The maximum Gasteiger partial charge on any atom is 0.151 e. The van der Waals surface area contributed by atoms with Gasteiger partial charge in [-0.3, -0.25) is 4.90 Å². The summed E-state index contributed by atoms with van der Waals surface area (Å²) in [5, 5.41) is 0. The molecule has 19 heavy (non-hydrogen) atoms. The van der Waals surface area contributed by atoms with Crippen LogP contribution < -0.4 is 10.6 Å². The number of anilines is 2. The minimum absolute atomic E-state index is 0.793. The van der Waals surface area contributed by atoms with Gasteiger partial charge in [-0.25, -0.2) is 4.98 Å². The predicted octanol–water partition coefficient (Wildman–Crippen LogP) is 0.656. The molecule has 0 radical (unpaired) electrons. The molecule has 2 rings (SSSR count). The summed E-state index contributed by atoms with van der Waals surface area (Å²) in [5.41, 5.74) is 7.97. The number of nitrogens with zero attached hydrogens (tertiary/aromatic N) is 4. The van der Waals surface area contributed by atoms with Gasteiger partial charge in [-0.2, -0.15) is 0 Å². The fourth-order valence-corrected chi connectivity index (χ4v) is 2.37. The highest BCUT2D eigenvalue weighted by atomic mass is 15.3. The van der Waals surface area contributed by atoms with Gasteiger partial charge in [0.15, 0.2) is 5.82 Å². The molecular weight excluding hydrogens is 238 g/mol. The summed E-state index contributed by atoms with van der Waals surface area (Å²) in [6, 6.07) is 2.00. The van der Waals surface area contributed by atoms with E-state index in [1.807, 2.05) is 19.2 Å². The number of nitrogen functional groups attached to an aromatic ring is 1. The molecule has 0 bridgehead atoms. The number of pyridine rings is 1. The second kappa shape index (κ2) is 6.21. The molecule has 1 aromatic rings. The van der Waals surface area contributed by atoms with Gasteiger partial charge in [0.1, 0.15) is 0 Å². The normalized spacial score (nSPS) is 17.2. The zero-order chi connectivity index (χ0) is 13.8. The summed E-state index contributed by atoms with van der Waals surface area (Å²) in [7, 11) is 4.24. The summed E-state index contributed by atoms with van der Waals surface area (Å²) in [4.78, 5) is 11.5. The first kappa shape index (κ1) is 14.1. The molecule has 2 N–H and O–H groups in total. The van der Waals surface area contributed by atoms with Crippen LogP contribution in [0.25, 0.3) is 0 Å². The van der Waals surface area contributed by atoms with Crippen LogP contribution >= 0.6 is 0 Å². The third-order valence-electron chi connectivity index (χ3n) is 3.57. The minimum Gasteiger partial charge on any atom is -0.396 e. The van der Waals surface area contributed by atoms with Crippen molar-refractivity contribution in [3.63, 3.8) is 0 Å². The van der Waals surface area contributed by atoms with E-state index in [2.05, 4.69) is 33.8 Å². The van der Waals surface area contributed by atoms with Gasteiger partial charge >= 0.3 is 0 Å². The molecule has 1 aliphatic heterocycles. The Balaban J connectivity index is 1.89. The van der Waals surface area contributed by atoms with Crippen molar-refractivity contribution in [2.75, 3.05) is 64.0 Å². The molecular formula is C14H25N5. The van der Waals surface area contributed by atoms with E-state index in [1.54, 1.807) is 0 Å². The quantitative estimate of drug-likeness (QED) is 0.864. The molecule has 0 atom stereocenters. The maximum atomic E-state index is 6.06. The van der Waals surface area contributed by atoms with E-state index in [0.29, 0.717) is 0 Å². The lowest BCUT2D eigenvalue weighted by Crippen LogP contribution is -2.48. The third-order valence-corrected chi connectivity index (χ3v) is 3.57. The van der Waals surface area contributed by atoms with Crippen LogP contribution in [-0.2, 0) is 0 Å². The van der Waals surface area contributed by atoms with Crippen molar-refractivity contribution in [2.24, 2.45) is 0 Å². The van der Waals surface area contributed by atoms with Gasteiger partial charge in [-0.1, -0.05) is 0 Å². The summed E-state index contributed by atoms with van der Waals surface area (Å²) in [6.45, 7) is 8.46. The van der Waals surface area contributed by atoms with E-state index in [1.165, 1.54) is 0 Å². The molecule has 0 saturated carbocycles. The number of aromatic nitrogens is 1. The maximum absolute atomic E-state index is 6.06. The number of hydrogen-bond acceptors (Lipinski definition) is 5. The van der Waals surface area contributed by atoms with Gasteiger partial charge < -0.3 is 15.5 Å². The number of aryl methyl sites for hydroxylation is 1. The predicted molar refractivity (Wildman–Crippen MR) is 80.6 cm³/mol. The van der Waals surface area contributed by atoms with Gasteiger partial charge in [0.2, 0.25) is 0 Å². The van der Waals surface area contributed by atoms with E-state index in [0.717, 1.165) is 56.3 Å². The molecule has 1 aromatic heterocycles. The van der Waals surface area contributed by atoms with Crippen LogP contribution in [0.4, 0.5) is 11.5 Å². The zero-order valence-corrected chi connectivity index (χ0v) is 12.3. The van der Waals surface area contributed by atoms with Crippen molar-refractivity contribution >= 4 is 11.5 Å². The molecule has 2 heterocycles. The Morgan fingerprint density at radius 3 is 2.53 bits per heavy atom. The first-order valence-electron chi connectivity index (χ1n) is 6.90.